The molecule has 268 valence electrons. The Morgan fingerprint density at radius 3 is 1.89 bits per heavy atom. The fourth-order valence-corrected chi connectivity index (χ4v) is 9.65. The summed E-state index contributed by atoms with van der Waals surface area (Å²) in [6.45, 7) is 0.807. The van der Waals surface area contributed by atoms with Crippen molar-refractivity contribution in [2.24, 2.45) is 0 Å². The third-order valence-corrected chi connectivity index (χ3v) is 12.1. The summed E-state index contributed by atoms with van der Waals surface area (Å²) in [5.74, 6) is 0. The Morgan fingerprint density at radius 2 is 1.16 bits per heavy atom. The standard InChI is InChI=1S/C52H35N5/c1-3-13-36(14-4-1)52(37-15-5-2-6-16-37)42-19-9-7-17-40(42)48-43(52)33-47-49(55-48)41-18-8-10-20-44(41)56(47)38-27-23-34(24-28-38)35-25-29-39(30-26-35)57-45-21-11-31-53-50(45)51-46(57)22-12-32-54-51/h1-31,33,54H,32H2. The van der Waals surface area contributed by atoms with E-state index in [9.17, 15) is 0 Å². The van der Waals surface area contributed by atoms with Crippen LogP contribution in [-0.2, 0) is 5.41 Å². The first-order valence-electron chi connectivity index (χ1n) is 19.6. The minimum atomic E-state index is -0.525. The number of nitrogens with one attached hydrogen (secondary N) is 1. The van der Waals surface area contributed by atoms with E-state index in [0.717, 1.165) is 79.1 Å². The second-order valence-corrected chi connectivity index (χ2v) is 15.0. The molecule has 0 saturated carbocycles. The van der Waals surface area contributed by atoms with Crippen molar-refractivity contribution in [1.82, 2.24) is 19.1 Å². The molecule has 0 spiro atoms. The summed E-state index contributed by atoms with van der Waals surface area (Å²) in [5, 5.41) is 4.67. The highest BCUT2D eigenvalue weighted by atomic mass is 15.1. The highest BCUT2D eigenvalue weighted by Gasteiger charge is 2.47. The molecule has 12 rings (SSSR count). The predicted octanol–water partition coefficient (Wildman–Crippen LogP) is 12.0. The van der Waals surface area contributed by atoms with Crippen LogP contribution in [0.15, 0.2) is 188 Å². The van der Waals surface area contributed by atoms with Crippen LogP contribution in [0.4, 0.5) is 5.69 Å². The van der Waals surface area contributed by atoms with Crippen LogP contribution in [0.3, 0.4) is 0 Å². The van der Waals surface area contributed by atoms with Crippen LogP contribution in [0.5, 0.6) is 0 Å². The van der Waals surface area contributed by atoms with E-state index < -0.39 is 5.41 Å². The number of nitrogens with zero attached hydrogens (tertiary/aromatic N) is 4. The average Bonchev–Trinajstić information content (AvgIpc) is 3.90. The number of anilines is 1. The summed E-state index contributed by atoms with van der Waals surface area (Å²) in [6.07, 6.45) is 6.22. The first kappa shape index (κ1) is 31.8. The molecule has 0 amide bonds. The van der Waals surface area contributed by atoms with Gasteiger partial charge in [0.2, 0.25) is 0 Å². The topological polar surface area (TPSA) is 47.7 Å². The number of fused-ring (bicyclic) bond motifs is 9. The van der Waals surface area contributed by atoms with Gasteiger partial charge in [0.05, 0.1) is 44.6 Å². The average molecular weight is 730 g/mol. The molecule has 0 saturated heterocycles. The number of benzene rings is 6. The number of aromatic nitrogens is 4. The molecule has 5 heteroatoms. The van der Waals surface area contributed by atoms with Gasteiger partial charge in [-0.05, 0) is 82.4 Å². The zero-order valence-electron chi connectivity index (χ0n) is 31.0. The molecule has 5 heterocycles. The lowest BCUT2D eigenvalue weighted by Gasteiger charge is -2.33. The van der Waals surface area contributed by atoms with Crippen molar-refractivity contribution in [2.45, 2.75) is 5.41 Å². The number of rotatable bonds is 5. The van der Waals surface area contributed by atoms with Gasteiger partial charge in [-0.25, -0.2) is 4.98 Å². The van der Waals surface area contributed by atoms with Crippen molar-refractivity contribution in [3.05, 3.63) is 216 Å². The first-order valence-corrected chi connectivity index (χ1v) is 19.6. The predicted molar refractivity (Wildman–Crippen MR) is 233 cm³/mol. The van der Waals surface area contributed by atoms with Gasteiger partial charge in [-0.3, -0.25) is 4.98 Å². The maximum Gasteiger partial charge on any atom is 0.112 e. The second-order valence-electron chi connectivity index (χ2n) is 15.0. The molecule has 57 heavy (non-hydrogen) atoms. The van der Waals surface area contributed by atoms with E-state index in [2.05, 4.69) is 196 Å². The first-order chi connectivity index (χ1) is 28.3. The Bertz CT molecular complexity index is 3170. The quantitative estimate of drug-likeness (QED) is 0.192. The molecule has 10 aromatic rings. The number of hydrogen-bond donors (Lipinski definition) is 1. The van der Waals surface area contributed by atoms with Crippen molar-refractivity contribution >= 4 is 44.7 Å². The number of para-hydroxylation sites is 1. The molecule has 0 bridgehead atoms. The number of pyridine rings is 2. The Kier molecular flexibility index (Phi) is 6.84. The van der Waals surface area contributed by atoms with E-state index in [1.165, 1.54) is 27.8 Å². The van der Waals surface area contributed by atoms with Crippen molar-refractivity contribution in [1.29, 1.82) is 0 Å². The lowest BCUT2D eigenvalue weighted by Crippen LogP contribution is -2.28. The molecule has 1 N–H and O–H groups in total. The highest BCUT2D eigenvalue weighted by Crippen LogP contribution is 2.56. The fourth-order valence-electron chi connectivity index (χ4n) is 9.65. The highest BCUT2D eigenvalue weighted by molar-refractivity contribution is 6.09. The summed E-state index contributed by atoms with van der Waals surface area (Å²) < 4.78 is 4.69. The normalized spacial score (nSPS) is 13.8. The van der Waals surface area contributed by atoms with Crippen LogP contribution in [0.25, 0.3) is 72.8 Å². The van der Waals surface area contributed by atoms with Crippen LogP contribution in [0, 0.1) is 0 Å². The van der Waals surface area contributed by atoms with Crippen LogP contribution in [0.1, 0.15) is 27.9 Å². The zero-order valence-corrected chi connectivity index (χ0v) is 31.0. The lowest BCUT2D eigenvalue weighted by atomic mass is 9.68. The SMILES string of the molecule is C1=Cc2c(c3ncccc3n2-c2ccc(-c3ccc(-n4c5ccccc5c5nc6c(cc54)C(c4ccccc4)(c4ccccc4)c4ccccc4-6)cc3)cc2)NC1. The molecule has 0 unspecified atom stereocenters. The van der Waals surface area contributed by atoms with Gasteiger partial charge in [-0.15, -0.1) is 0 Å². The van der Waals surface area contributed by atoms with Gasteiger partial charge in [-0.1, -0.05) is 133 Å². The molecule has 6 aromatic carbocycles. The van der Waals surface area contributed by atoms with E-state index in [1.54, 1.807) is 0 Å². The second kappa shape index (κ2) is 12.3. The molecule has 0 fully saturated rings. The van der Waals surface area contributed by atoms with Crippen molar-refractivity contribution in [3.8, 4) is 33.8 Å². The number of hydrogen-bond acceptors (Lipinski definition) is 3. The molecular formula is C52H35N5. The summed E-state index contributed by atoms with van der Waals surface area (Å²) in [7, 11) is 0. The zero-order chi connectivity index (χ0) is 37.5. The van der Waals surface area contributed by atoms with Gasteiger partial charge in [0, 0.05) is 40.6 Å². The van der Waals surface area contributed by atoms with Crippen LogP contribution >= 0.6 is 0 Å². The van der Waals surface area contributed by atoms with E-state index in [-0.39, 0.29) is 0 Å². The Balaban J connectivity index is 1.01. The molecular weight excluding hydrogens is 695 g/mol. The van der Waals surface area contributed by atoms with Gasteiger partial charge in [-0.2, -0.15) is 0 Å². The smallest absolute Gasteiger partial charge is 0.112 e. The van der Waals surface area contributed by atoms with Crippen molar-refractivity contribution in [3.63, 3.8) is 0 Å². The fraction of sp³-hybridized carbons (Fsp3) is 0.0385. The van der Waals surface area contributed by atoms with Gasteiger partial charge in [0.1, 0.15) is 5.52 Å². The molecule has 1 aliphatic carbocycles. The Labute approximate surface area is 329 Å². The van der Waals surface area contributed by atoms with E-state index >= 15 is 0 Å². The minimum Gasteiger partial charge on any atom is -0.378 e. The molecule has 4 aromatic heterocycles. The maximum atomic E-state index is 5.62. The van der Waals surface area contributed by atoms with Gasteiger partial charge in [0.15, 0.2) is 0 Å². The minimum absolute atomic E-state index is 0.525. The van der Waals surface area contributed by atoms with E-state index in [4.69, 9.17) is 9.97 Å². The van der Waals surface area contributed by atoms with Crippen molar-refractivity contribution < 1.29 is 0 Å². The van der Waals surface area contributed by atoms with Crippen LogP contribution < -0.4 is 5.32 Å². The van der Waals surface area contributed by atoms with Gasteiger partial charge in [0.25, 0.3) is 0 Å². The van der Waals surface area contributed by atoms with Crippen LogP contribution in [0.2, 0.25) is 0 Å². The third-order valence-electron chi connectivity index (χ3n) is 12.1. The summed E-state index contributed by atoms with van der Waals surface area (Å²) in [5.41, 5.74) is 18.7. The third kappa shape index (κ3) is 4.51. The lowest BCUT2D eigenvalue weighted by molar-refractivity contribution is 0.767. The Hall–Kier alpha value is -7.50. The molecule has 1 aliphatic heterocycles. The van der Waals surface area contributed by atoms with E-state index in [1.807, 2.05) is 12.3 Å². The largest absolute Gasteiger partial charge is 0.378 e. The molecule has 0 radical (unpaired) electrons. The molecule has 2 aliphatic rings. The monoisotopic (exact) mass is 729 g/mol. The van der Waals surface area contributed by atoms with Gasteiger partial charge < -0.3 is 14.5 Å². The Morgan fingerprint density at radius 1 is 0.526 bits per heavy atom. The van der Waals surface area contributed by atoms with Crippen LogP contribution in [-0.4, -0.2) is 25.6 Å². The summed E-state index contributed by atoms with van der Waals surface area (Å²) in [6, 6.07) is 63.8. The van der Waals surface area contributed by atoms with Gasteiger partial charge >= 0.3 is 0 Å². The van der Waals surface area contributed by atoms with Crippen molar-refractivity contribution in [2.75, 3.05) is 11.9 Å². The molecule has 5 nitrogen and oxygen atoms in total. The summed E-state index contributed by atoms with van der Waals surface area (Å²) >= 11 is 0. The maximum absolute atomic E-state index is 5.62. The van der Waals surface area contributed by atoms with E-state index in [0.29, 0.717) is 0 Å². The summed E-state index contributed by atoms with van der Waals surface area (Å²) in [4.78, 5) is 10.3. The molecule has 0 atom stereocenters.